The first-order valence-electron chi connectivity index (χ1n) is 14.5. The SMILES string of the molecule is CC(=O)O[C@H](CC(C(C)C)N(C)C(=O)CCC1CC1)c1nc(C(=O)N[C@@H](Cc2nc(C(F)(F)F)cs2)C[C@H](C)C(=O)O)cs1. The minimum absolute atomic E-state index is 0.0137. The van der Waals surface area contributed by atoms with E-state index in [1.54, 1.807) is 11.9 Å². The number of hydrogen-bond donors (Lipinski definition) is 2. The number of thiazole rings is 2. The molecule has 0 spiro atoms. The molecule has 0 radical (unpaired) electrons. The Labute approximate surface area is 262 Å². The van der Waals surface area contributed by atoms with Crippen LogP contribution in [0, 0.1) is 17.8 Å². The zero-order chi connectivity index (χ0) is 32.8. The predicted octanol–water partition coefficient (Wildman–Crippen LogP) is 5.74. The third kappa shape index (κ3) is 10.5. The number of halogens is 3. The van der Waals surface area contributed by atoms with Crippen molar-refractivity contribution in [2.24, 2.45) is 17.8 Å². The van der Waals surface area contributed by atoms with E-state index in [4.69, 9.17) is 4.74 Å². The number of nitrogens with zero attached hydrogens (tertiary/aromatic N) is 3. The van der Waals surface area contributed by atoms with Crippen LogP contribution < -0.4 is 5.32 Å². The molecule has 1 aliphatic rings. The number of alkyl halides is 3. The summed E-state index contributed by atoms with van der Waals surface area (Å²) in [5.41, 5.74) is -1.07. The fourth-order valence-electron chi connectivity index (χ4n) is 4.86. The van der Waals surface area contributed by atoms with Gasteiger partial charge in [-0.1, -0.05) is 33.6 Å². The number of carbonyl (C=O) groups excluding carboxylic acids is 3. The van der Waals surface area contributed by atoms with Gasteiger partial charge in [-0.25, -0.2) is 9.97 Å². The van der Waals surface area contributed by atoms with Gasteiger partial charge in [0.25, 0.3) is 5.91 Å². The Kier molecular flexibility index (Phi) is 12.3. The molecule has 4 atom stereocenters. The van der Waals surface area contributed by atoms with Crippen LogP contribution >= 0.6 is 22.7 Å². The van der Waals surface area contributed by atoms with Crippen LogP contribution in [0.25, 0.3) is 0 Å². The number of carboxylic acids is 1. The van der Waals surface area contributed by atoms with Crippen LogP contribution in [0.1, 0.15) is 98.5 Å². The van der Waals surface area contributed by atoms with E-state index in [-0.39, 0.29) is 47.8 Å². The summed E-state index contributed by atoms with van der Waals surface area (Å²) in [5.74, 6) is -2.55. The summed E-state index contributed by atoms with van der Waals surface area (Å²) in [6, 6.07) is -1.11. The van der Waals surface area contributed by atoms with E-state index in [0.29, 0.717) is 17.3 Å². The minimum atomic E-state index is -4.62. The monoisotopic (exact) mass is 660 g/mol. The molecule has 3 rings (SSSR count). The number of rotatable bonds is 16. The number of aliphatic carboxylic acids is 1. The van der Waals surface area contributed by atoms with Crippen LogP contribution in [0.4, 0.5) is 13.2 Å². The molecule has 1 fully saturated rings. The Hall–Kier alpha value is -3.07. The number of esters is 1. The van der Waals surface area contributed by atoms with Crippen molar-refractivity contribution in [3.05, 3.63) is 32.2 Å². The molecule has 0 saturated heterocycles. The summed E-state index contributed by atoms with van der Waals surface area (Å²) in [5, 5.41) is 14.9. The van der Waals surface area contributed by atoms with Crippen molar-refractivity contribution in [1.29, 1.82) is 0 Å². The molecule has 0 bridgehead atoms. The van der Waals surface area contributed by atoms with Crippen molar-refractivity contribution in [3.8, 4) is 0 Å². The van der Waals surface area contributed by atoms with Gasteiger partial charge in [0.1, 0.15) is 10.7 Å². The maximum atomic E-state index is 13.2. The first-order chi connectivity index (χ1) is 20.5. The topological polar surface area (TPSA) is 139 Å². The number of carbonyl (C=O) groups is 4. The smallest absolute Gasteiger partial charge is 0.434 e. The van der Waals surface area contributed by atoms with Gasteiger partial charge in [0.15, 0.2) is 11.8 Å². The molecule has 244 valence electrons. The lowest BCUT2D eigenvalue weighted by molar-refractivity contribution is -0.148. The lowest BCUT2D eigenvalue weighted by Crippen LogP contribution is -2.41. The maximum absolute atomic E-state index is 13.2. The second-order valence-electron chi connectivity index (χ2n) is 11.7. The molecule has 15 heteroatoms. The second kappa shape index (κ2) is 15.3. The number of carboxylic acid groups (broad SMARTS) is 1. The third-order valence-electron chi connectivity index (χ3n) is 7.58. The predicted molar refractivity (Wildman–Crippen MR) is 158 cm³/mol. The first-order valence-corrected chi connectivity index (χ1v) is 16.2. The zero-order valence-corrected chi connectivity index (χ0v) is 27.0. The number of aromatic nitrogens is 2. The molecule has 2 amide bonds. The van der Waals surface area contributed by atoms with Gasteiger partial charge in [0, 0.05) is 56.1 Å². The van der Waals surface area contributed by atoms with E-state index in [1.807, 2.05) is 13.8 Å². The van der Waals surface area contributed by atoms with Crippen LogP contribution in [0.5, 0.6) is 0 Å². The van der Waals surface area contributed by atoms with E-state index < -0.39 is 47.8 Å². The van der Waals surface area contributed by atoms with Gasteiger partial charge in [0.2, 0.25) is 5.91 Å². The Morgan fingerprint density at radius 2 is 1.80 bits per heavy atom. The summed E-state index contributed by atoms with van der Waals surface area (Å²) in [6.45, 7) is 6.65. The fourth-order valence-corrected chi connectivity index (χ4v) is 6.58. The molecule has 2 N–H and O–H groups in total. The highest BCUT2D eigenvalue weighted by Gasteiger charge is 2.35. The van der Waals surface area contributed by atoms with E-state index in [9.17, 15) is 37.5 Å². The lowest BCUT2D eigenvalue weighted by atomic mass is 9.96. The van der Waals surface area contributed by atoms with Crippen LogP contribution in [0.2, 0.25) is 0 Å². The number of nitrogens with one attached hydrogen (secondary N) is 1. The highest BCUT2D eigenvalue weighted by molar-refractivity contribution is 7.10. The molecule has 0 aliphatic heterocycles. The van der Waals surface area contributed by atoms with Gasteiger partial charge in [-0.05, 0) is 24.7 Å². The molecule has 2 aromatic heterocycles. The van der Waals surface area contributed by atoms with E-state index in [2.05, 4.69) is 15.3 Å². The summed E-state index contributed by atoms with van der Waals surface area (Å²) < 4.78 is 44.7. The molecular weight excluding hydrogens is 621 g/mol. The van der Waals surface area contributed by atoms with Crippen LogP contribution in [-0.4, -0.2) is 62.9 Å². The van der Waals surface area contributed by atoms with Crippen molar-refractivity contribution in [2.75, 3.05) is 7.05 Å². The maximum Gasteiger partial charge on any atom is 0.434 e. The van der Waals surface area contributed by atoms with Crippen LogP contribution in [-0.2, 0) is 31.7 Å². The van der Waals surface area contributed by atoms with Crippen molar-refractivity contribution >= 4 is 46.4 Å². The highest BCUT2D eigenvalue weighted by atomic mass is 32.1. The van der Waals surface area contributed by atoms with Gasteiger partial charge >= 0.3 is 18.1 Å². The standard InChI is InChI=1S/C29H39F3N4O6S2/c1-15(2)21(36(5)25(38)9-8-18-6-7-18)12-22(42-17(4)37)27-34-20(13-44-27)26(39)33-19(10-16(3)28(40)41)11-24-35-23(14-43-24)29(30,31)32/h13-16,18-19,21-22H,6-12H2,1-5H3,(H,33,39)(H,40,41)/t16-,19+,21?,22+/m0/s1. The van der Waals surface area contributed by atoms with Crippen molar-refractivity contribution in [3.63, 3.8) is 0 Å². The summed E-state index contributed by atoms with van der Waals surface area (Å²) in [7, 11) is 1.74. The highest BCUT2D eigenvalue weighted by Crippen LogP contribution is 2.35. The van der Waals surface area contributed by atoms with Gasteiger partial charge < -0.3 is 20.1 Å². The normalized spacial score (nSPS) is 16.2. The first kappa shape index (κ1) is 35.4. The van der Waals surface area contributed by atoms with Crippen molar-refractivity contribution in [2.45, 2.75) is 97.0 Å². The Balaban J connectivity index is 1.76. The second-order valence-corrected chi connectivity index (χ2v) is 13.5. The molecule has 1 saturated carbocycles. The lowest BCUT2D eigenvalue weighted by Gasteiger charge is -2.33. The molecule has 1 aliphatic carbocycles. The van der Waals surface area contributed by atoms with Gasteiger partial charge in [-0.15, -0.1) is 22.7 Å². The molecule has 44 heavy (non-hydrogen) atoms. The number of amides is 2. The zero-order valence-electron chi connectivity index (χ0n) is 25.3. The van der Waals surface area contributed by atoms with Crippen LogP contribution in [0.3, 0.4) is 0 Å². The van der Waals surface area contributed by atoms with Gasteiger partial charge in [-0.2, -0.15) is 13.2 Å². The summed E-state index contributed by atoms with van der Waals surface area (Å²) in [6.07, 6.45) is -1.73. The van der Waals surface area contributed by atoms with Crippen LogP contribution in [0.15, 0.2) is 10.8 Å². The molecule has 2 aromatic rings. The quantitative estimate of drug-likeness (QED) is 0.218. The molecule has 0 aromatic carbocycles. The molecule has 10 nitrogen and oxygen atoms in total. The average Bonchev–Trinajstić information content (AvgIpc) is 3.39. The fraction of sp³-hybridized carbons (Fsp3) is 0.655. The van der Waals surface area contributed by atoms with Gasteiger partial charge in [0.05, 0.1) is 10.9 Å². The Bertz CT molecular complexity index is 1310. The summed E-state index contributed by atoms with van der Waals surface area (Å²) >= 11 is 1.87. The number of hydrogen-bond acceptors (Lipinski definition) is 9. The van der Waals surface area contributed by atoms with E-state index in [0.717, 1.165) is 47.3 Å². The Morgan fingerprint density at radius 3 is 2.34 bits per heavy atom. The van der Waals surface area contributed by atoms with E-state index >= 15 is 0 Å². The third-order valence-corrected chi connectivity index (χ3v) is 9.38. The minimum Gasteiger partial charge on any atom is -0.481 e. The van der Waals surface area contributed by atoms with Crippen molar-refractivity contribution in [1.82, 2.24) is 20.2 Å². The molecule has 1 unspecified atom stereocenters. The Morgan fingerprint density at radius 1 is 1.11 bits per heavy atom. The summed E-state index contributed by atoms with van der Waals surface area (Å²) in [4.78, 5) is 59.3. The average molecular weight is 661 g/mol. The van der Waals surface area contributed by atoms with E-state index in [1.165, 1.54) is 19.2 Å². The van der Waals surface area contributed by atoms with Gasteiger partial charge in [-0.3, -0.25) is 19.2 Å². The number of ether oxygens (including phenoxy) is 1. The molecule has 2 heterocycles. The molecular formula is C29H39F3N4O6S2. The largest absolute Gasteiger partial charge is 0.481 e. The van der Waals surface area contributed by atoms with Crippen molar-refractivity contribution < 1.29 is 42.2 Å².